The van der Waals surface area contributed by atoms with E-state index in [0.29, 0.717) is 34.5 Å². The number of nitrogens with zero attached hydrogens (tertiary/aromatic N) is 2. The Morgan fingerprint density at radius 2 is 1.79 bits per heavy atom. The van der Waals surface area contributed by atoms with E-state index in [1.807, 2.05) is 30.3 Å². The molecule has 5 rings (SSSR count). The van der Waals surface area contributed by atoms with Gasteiger partial charge in [0.25, 0.3) is 11.1 Å². The first-order valence-electron chi connectivity index (χ1n) is 11.3. The van der Waals surface area contributed by atoms with Crippen molar-refractivity contribution < 1.29 is 14.0 Å². The molecule has 1 aliphatic heterocycles. The van der Waals surface area contributed by atoms with Crippen LogP contribution in [0.4, 0.5) is 15.1 Å². The van der Waals surface area contributed by atoms with Gasteiger partial charge in [-0.1, -0.05) is 30.3 Å². The van der Waals surface area contributed by atoms with Gasteiger partial charge in [0, 0.05) is 30.2 Å². The Labute approximate surface area is 200 Å². The fraction of sp³-hybridized carbons (Fsp3) is 0.280. The number of fused-ring (bicyclic) bond motifs is 1. The molecule has 3 aromatic rings. The fourth-order valence-electron chi connectivity index (χ4n) is 4.44. The van der Waals surface area contributed by atoms with Crippen molar-refractivity contribution in [1.29, 1.82) is 0 Å². The van der Waals surface area contributed by atoms with Gasteiger partial charge in [-0.15, -0.1) is 0 Å². The van der Waals surface area contributed by atoms with Crippen molar-refractivity contribution in [2.75, 3.05) is 5.32 Å². The summed E-state index contributed by atoms with van der Waals surface area (Å²) in [5.74, 6) is -0.0759. The second kappa shape index (κ2) is 9.90. The summed E-state index contributed by atoms with van der Waals surface area (Å²) in [6.07, 6.45) is 7.21. The number of nitrogens with one attached hydrogen (secondary N) is 3. The molecule has 0 unspecified atom stereocenters. The fourth-order valence-corrected chi connectivity index (χ4v) is 5.10. The minimum Gasteiger partial charge on any atom is -0.351 e. The van der Waals surface area contributed by atoms with E-state index in [1.165, 1.54) is 0 Å². The smallest absolute Gasteiger partial charge is 0.290 e. The van der Waals surface area contributed by atoms with E-state index in [1.54, 1.807) is 24.4 Å². The summed E-state index contributed by atoms with van der Waals surface area (Å²) in [4.78, 5) is 32.2. The summed E-state index contributed by atoms with van der Waals surface area (Å²) in [5.41, 5.74) is 1.68. The number of carbonyl (C=O) groups is 2. The predicted molar refractivity (Wildman–Crippen MR) is 132 cm³/mol. The Morgan fingerprint density at radius 1 is 1.03 bits per heavy atom. The Balaban J connectivity index is 1.15. The minimum absolute atomic E-state index is 0.188. The van der Waals surface area contributed by atoms with Gasteiger partial charge in [0.05, 0.1) is 10.6 Å². The topological polar surface area (TPSA) is 96.0 Å². The molecule has 9 heteroatoms. The third-order valence-corrected chi connectivity index (χ3v) is 7.01. The number of imide groups is 1. The summed E-state index contributed by atoms with van der Waals surface area (Å²) in [7, 11) is 0. The SMILES string of the molecule is O=C1NC(=O)/C(=C/c2ccnc(NC3CCC(NCc4ccc(F)c5ccccc45)CC3)n2)S1. The van der Waals surface area contributed by atoms with E-state index >= 15 is 0 Å². The molecule has 2 fully saturated rings. The van der Waals surface area contributed by atoms with Crippen LogP contribution in [0.3, 0.4) is 0 Å². The highest BCUT2D eigenvalue weighted by atomic mass is 32.2. The number of benzene rings is 2. The molecular weight excluding hydrogens is 453 g/mol. The molecule has 1 saturated carbocycles. The summed E-state index contributed by atoms with van der Waals surface area (Å²) < 4.78 is 14.1. The number of aromatic nitrogens is 2. The molecule has 7 nitrogen and oxygen atoms in total. The third-order valence-electron chi connectivity index (χ3n) is 6.20. The Kier molecular flexibility index (Phi) is 6.55. The largest absolute Gasteiger partial charge is 0.351 e. The van der Waals surface area contributed by atoms with Gasteiger partial charge in [0.2, 0.25) is 5.95 Å². The number of amides is 2. The summed E-state index contributed by atoms with van der Waals surface area (Å²) in [5, 5.41) is 10.5. The highest BCUT2D eigenvalue weighted by Gasteiger charge is 2.25. The normalized spacial score (nSPS) is 21.7. The zero-order valence-electron chi connectivity index (χ0n) is 18.4. The lowest BCUT2D eigenvalue weighted by atomic mass is 9.91. The maximum atomic E-state index is 14.1. The van der Waals surface area contributed by atoms with Gasteiger partial charge in [-0.2, -0.15) is 0 Å². The summed E-state index contributed by atoms with van der Waals surface area (Å²) in [6.45, 7) is 0.706. The van der Waals surface area contributed by atoms with E-state index < -0.39 is 5.91 Å². The Morgan fingerprint density at radius 3 is 2.56 bits per heavy atom. The molecule has 0 atom stereocenters. The van der Waals surface area contributed by atoms with Crippen LogP contribution in [-0.2, 0) is 11.3 Å². The molecule has 0 radical (unpaired) electrons. The van der Waals surface area contributed by atoms with Crippen LogP contribution < -0.4 is 16.0 Å². The number of hydrogen-bond acceptors (Lipinski definition) is 7. The molecule has 1 saturated heterocycles. The van der Waals surface area contributed by atoms with Crippen molar-refractivity contribution >= 4 is 45.7 Å². The molecular formula is C25H24FN5O2S. The molecule has 1 aromatic heterocycles. The summed E-state index contributed by atoms with van der Waals surface area (Å²) in [6, 6.07) is 13.4. The molecule has 34 heavy (non-hydrogen) atoms. The number of rotatable bonds is 6. The van der Waals surface area contributed by atoms with Crippen molar-refractivity contribution in [3.8, 4) is 0 Å². The molecule has 2 aromatic carbocycles. The molecule has 0 spiro atoms. The van der Waals surface area contributed by atoms with Crippen molar-refractivity contribution in [3.63, 3.8) is 0 Å². The zero-order valence-corrected chi connectivity index (χ0v) is 19.2. The van der Waals surface area contributed by atoms with E-state index in [0.717, 1.165) is 48.4 Å². The average molecular weight is 478 g/mol. The first-order valence-corrected chi connectivity index (χ1v) is 12.1. The van der Waals surface area contributed by atoms with E-state index in [9.17, 15) is 14.0 Å². The Hall–Kier alpha value is -3.30. The molecule has 2 heterocycles. The Bertz CT molecular complexity index is 1270. The van der Waals surface area contributed by atoms with Crippen molar-refractivity contribution in [3.05, 3.63) is 70.6 Å². The van der Waals surface area contributed by atoms with Crippen LogP contribution in [0.5, 0.6) is 0 Å². The van der Waals surface area contributed by atoms with E-state index in [-0.39, 0.29) is 17.1 Å². The van der Waals surface area contributed by atoms with Gasteiger partial charge >= 0.3 is 0 Å². The van der Waals surface area contributed by atoms with Crippen LogP contribution in [0.15, 0.2) is 53.6 Å². The molecule has 174 valence electrons. The van der Waals surface area contributed by atoms with Gasteiger partial charge in [0.15, 0.2) is 0 Å². The number of thioether (sulfide) groups is 1. The second-order valence-corrected chi connectivity index (χ2v) is 9.50. The first kappa shape index (κ1) is 22.5. The maximum Gasteiger partial charge on any atom is 0.290 e. The molecule has 2 amide bonds. The highest BCUT2D eigenvalue weighted by Crippen LogP contribution is 2.26. The average Bonchev–Trinajstić information content (AvgIpc) is 3.16. The van der Waals surface area contributed by atoms with Gasteiger partial charge in [-0.3, -0.25) is 14.9 Å². The van der Waals surface area contributed by atoms with Gasteiger partial charge < -0.3 is 10.6 Å². The van der Waals surface area contributed by atoms with Crippen molar-refractivity contribution in [2.24, 2.45) is 0 Å². The van der Waals surface area contributed by atoms with Gasteiger partial charge in [0.1, 0.15) is 5.82 Å². The molecule has 2 aliphatic rings. The van der Waals surface area contributed by atoms with Crippen LogP contribution in [0, 0.1) is 5.82 Å². The highest BCUT2D eigenvalue weighted by molar-refractivity contribution is 8.18. The third kappa shape index (κ3) is 5.10. The van der Waals surface area contributed by atoms with E-state index in [2.05, 4.69) is 25.9 Å². The lowest BCUT2D eigenvalue weighted by Crippen LogP contribution is -2.37. The lowest BCUT2D eigenvalue weighted by molar-refractivity contribution is -0.115. The number of hydrogen-bond donors (Lipinski definition) is 3. The number of carbonyl (C=O) groups excluding carboxylic acids is 2. The minimum atomic E-state index is -0.400. The molecule has 0 bridgehead atoms. The number of anilines is 1. The van der Waals surface area contributed by atoms with Gasteiger partial charge in [-0.05, 0) is 66.6 Å². The van der Waals surface area contributed by atoms with Crippen molar-refractivity contribution in [2.45, 2.75) is 44.3 Å². The first-order chi connectivity index (χ1) is 16.5. The lowest BCUT2D eigenvalue weighted by Gasteiger charge is -2.30. The zero-order chi connectivity index (χ0) is 23.5. The summed E-state index contributed by atoms with van der Waals surface area (Å²) >= 11 is 0.870. The van der Waals surface area contributed by atoms with Gasteiger partial charge in [-0.25, -0.2) is 14.4 Å². The standard InChI is InChI=1S/C25H24FN5O2S/c26-21-10-5-15(19-3-1-2-4-20(19)21)14-28-16-6-8-17(9-7-16)29-24-27-12-11-18(30-24)13-22-23(32)31-25(33)34-22/h1-5,10-13,16-17,28H,6-9,14H2,(H,27,29,30)(H,31,32,33)/b22-13-. The van der Waals surface area contributed by atoms with E-state index in [4.69, 9.17) is 0 Å². The van der Waals surface area contributed by atoms with Crippen LogP contribution in [-0.4, -0.2) is 33.2 Å². The number of halogens is 1. The van der Waals surface area contributed by atoms with Crippen LogP contribution >= 0.6 is 11.8 Å². The van der Waals surface area contributed by atoms with Crippen LogP contribution in [0.2, 0.25) is 0 Å². The predicted octanol–water partition coefficient (Wildman–Crippen LogP) is 4.61. The maximum absolute atomic E-state index is 14.1. The quantitative estimate of drug-likeness (QED) is 0.446. The van der Waals surface area contributed by atoms with Crippen LogP contribution in [0.25, 0.3) is 16.8 Å². The molecule has 3 N–H and O–H groups in total. The molecule has 1 aliphatic carbocycles. The monoisotopic (exact) mass is 477 g/mol. The second-order valence-electron chi connectivity index (χ2n) is 8.48. The van der Waals surface area contributed by atoms with Crippen LogP contribution in [0.1, 0.15) is 36.9 Å². The van der Waals surface area contributed by atoms with Crippen molar-refractivity contribution in [1.82, 2.24) is 20.6 Å².